The van der Waals surface area contributed by atoms with Crippen LogP contribution in [0.2, 0.25) is 0 Å². The third-order valence-corrected chi connectivity index (χ3v) is 5.11. The highest BCUT2D eigenvalue weighted by Gasteiger charge is 2.11. The number of aromatic nitrogens is 3. The van der Waals surface area contributed by atoms with Crippen LogP contribution in [0, 0.1) is 0 Å². The summed E-state index contributed by atoms with van der Waals surface area (Å²) in [6.45, 7) is 9.68. The number of anilines is 1. The van der Waals surface area contributed by atoms with Crippen LogP contribution in [0.3, 0.4) is 0 Å². The maximum atomic E-state index is 12.5. The summed E-state index contributed by atoms with van der Waals surface area (Å²) in [7, 11) is 5.32. The van der Waals surface area contributed by atoms with Gasteiger partial charge in [-0.2, -0.15) is 0 Å². The Morgan fingerprint density at radius 3 is 2.32 bits per heavy atom. The second-order valence-electron chi connectivity index (χ2n) is 6.78. The van der Waals surface area contributed by atoms with Crippen molar-refractivity contribution < 1.29 is 5.11 Å². The molecule has 34 heavy (non-hydrogen) atoms. The van der Waals surface area contributed by atoms with Gasteiger partial charge >= 0.3 is 0 Å². The van der Waals surface area contributed by atoms with Crippen molar-refractivity contribution in [3.05, 3.63) is 88.9 Å². The lowest BCUT2D eigenvalue weighted by Gasteiger charge is -2.11. The number of pyridine rings is 1. The van der Waals surface area contributed by atoms with Crippen LogP contribution in [-0.4, -0.2) is 26.8 Å². The van der Waals surface area contributed by atoms with Gasteiger partial charge in [-0.15, -0.1) is 9.24 Å². The van der Waals surface area contributed by atoms with Crippen LogP contribution >= 0.6 is 9.24 Å². The second kappa shape index (κ2) is 14.7. The van der Waals surface area contributed by atoms with Crippen molar-refractivity contribution in [2.45, 2.75) is 27.2 Å². The van der Waals surface area contributed by atoms with E-state index in [9.17, 15) is 4.79 Å². The molecule has 1 unspecified atom stereocenters. The second-order valence-corrected chi connectivity index (χ2v) is 7.45. The highest BCUT2D eigenvalue weighted by Crippen LogP contribution is 2.20. The zero-order chi connectivity index (χ0) is 25.7. The van der Waals surface area contributed by atoms with Crippen LogP contribution in [0.25, 0.3) is 28.4 Å². The molecule has 0 aliphatic carbocycles. The van der Waals surface area contributed by atoms with Gasteiger partial charge in [-0.05, 0) is 29.4 Å². The Labute approximate surface area is 204 Å². The summed E-state index contributed by atoms with van der Waals surface area (Å²) in [5, 5.41) is 8.70. The minimum Gasteiger partial charge on any atom is -0.400 e. The van der Waals surface area contributed by atoms with E-state index in [1.165, 1.54) is 0 Å². The van der Waals surface area contributed by atoms with E-state index in [-0.39, 0.29) is 5.56 Å². The van der Waals surface area contributed by atoms with Gasteiger partial charge in [-0.25, -0.2) is 9.97 Å². The Hall–Kier alpha value is -3.34. The molecule has 4 aromatic rings. The first kappa shape index (κ1) is 28.7. The maximum absolute atomic E-state index is 12.5. The van der Waals surface area contributed by atoms with Gasteiger partial charge in [0.25, 0.3) is 5.56 Å². The van der Waals surface area contributed by atoms with Crippen LogP contribution in [0.15, 0.2) is 72.2 Å². The number of hydrogen-bond acceptors (Lipinski definition) is 5. The molecular formula is C27H35N4O2P. The molecule has 1 atom stereocenters. The predicted octanol–water partition coefficient (Wildman–Crippen LogP) is 4.60. The zero-order valence-corrected chi connectivity index (χ0v) is 21.8. The van der Waals surface area contributed by atoms with Gasteiger partial charge in [0.1, 0.15) is 11.6 Å². The van der Waals surface area contributed by atoms with Crippen LogP contribution in [0.1, 0.15) is 31.9 Å². The molecule has 7 heteroatoms. The van der Waals surface area contributed by atoms with E-state index in [0.29, 0.717) is 17.0 Å². The molecule has 0 saturated carbocycles. The van der Waals surface area contributed by atoms with Gasteiger partial charge in [-0.3, -0.25) is 9.36 Å². The van der Waals surface area contributed by atoms with E-state index in [1.54, 1.807) is 23.9 Å². The lowest BCUT2D eigenvalue weighted by Crippen LogP contribution is -2.20. The number of nitrogens with zero attached hydrogens (tertiary/aromatic N) is 3. The molecule has 0 saturated heterocycles. The van der Waals surface area contributed by atoms with Crippen molar-refractivity contribution in [1.82, 2.24) is 14.5 Å². The number of nitrogen functional groups attached to an aromatic ring is 1. The standard InChI is InChI=1S/C17H16N2O.C7H9N2P.C2H6.CH4O/c1-3-12-10-7-11-14-15(12)18-16(19(2)17(14)20)13-8-5-4-6-9-13;1-2-5-3-6(10)4-9-7(5)8;2*1-2/h4-11H,3H2,1-2H3;2-4H,1,10H2,(H2,8,9);1-2H3;2H,1H3. The van der Waals surface area contributed by atoms with Gasteiger partial charge in [-0.1, -0.05) is 75.9 Å². The first-order valence-electron chi connectivity index (χ1n) is 11.1. The first-order valence-corrected chi connectivity index (χ1v) is 11.7. The summed E-state index contributed by atoms with van der Waals surface area (Å²) in [5.41, 5.74) is 9.28. The summed E-state index contributed by atoms with van der Waals surface area (Å²) in [5.74, 6) is 1.24. The Kier molecular flexibility index (Phi) is 12.4. The number of fused-ring (bicyclic) bond motifs is 1. The Morgan fingerprint density at radius 1 is 1.12 bits per heavy atom. The number of benzene rings is 2. The summed E-state index contributed by atoms with van der Waals surface area (Å²) >= 11 is 0. The number of nitrogens with two attached hydrogens (primary N) is 1. The molecule has 180 valence electrons. The first-order chi connectivity index (χ1) is 16.5. The van der Waals surface area contributed by atoms with Crippen LogP contribution in [0.5, 0.6) is 0 Å². The van der Waals surface area contributed by atoms with Crippen LogP contribution in [0.4, 0.5) is 5.82 Å². The lowest BCUT2D eigenvalue weighted by atomic mass is 10.1. The van der Waals surface area contributed by atoms with Gasteiger partial charge < -0.3 is 10.8 Å². The van der Waals surface area contributed by atoms with Crippen molar-refractivity contribution in [2.24, 2.45) is 7.05 Å². The summed E-state index contributed by atoms with van der Waals surface area (Å²) in [6, 6.07) is 17.5. The highest BCUT2D eigenvalue weighted by atomic mass is 31.0. The average molecular weight is 479 g/mol. The van der Waals surface area contributed by atoms with E-state index in [2.05, 4.69) is 27.7 Å². The van der Waals surface area contributed by atoms with E-state index in [4.69, 9.17) is 15.8 Å². The van der Waals surface area contributed by atoms with Crippen molar-refractivity contribution in [2.75, 3.05) is 12.8 Å². The number of para-hydroxylation sites is 1. The number of aliphatic hydroxyl groups excluding tert-OH is 1. The molecule has 0 amide bonds. The molecule has 0 spiro atoms. The largest absolute Gasteiger partial charge is 0.400 e. The average Bonchev–Trinajstić information content (AvgIpc) is 2.90. The molecule has 0 bridgehead atoms. The zero-order valence-electron chi connectivity index (χ0n) is 20.6. The van der Waals surface area contributed by atoms with Crippen molar-refractivity contribution >= 4 is 37.3 Å². The molecule has 4 rings (SSSR count). The number of aryl methyl sites for hydroxylation is 1. The Balaban J connectivity index is 0.000000349. The monoisotopic (exact) mass is 478 g/mol. The number of aliphatic hydroxyl groups is 1. The summed E-state index contributed by atoms with van der Waals surface area (Å²) < 4.78 is 1.62. The molecule has 0 fully saturated rings. The molecule has 3 N–H and O–H groups in total. The van der Waals surface area contributed by atoms with E-state index in [0.717, 1.165) is 41.0 Å². The van der Waals surface area contributed by atoms with Crippen LogP contribution in [-0.2, 0) is 13.5 Å². The highest BCUT2D eigenvalue weighted by molar-refractivity contribution is 7.27. The summed E-state index contributed by atoms with van der Waals surface area (Å²) in [4.78, 5) is 21.2. The Bertz CT molecular complexity index is 1250. The molecule has 2 aromatic heterocycles. The molecule has 0 radical (unpaired) electrons. The molecular weight excluding hydrogens is 443 g/mol. The fraction of sp³-hybridized carbons (Fsp3) is 0.222. The molecule has 2 aromatic carbocycles. The van der Waals surface area contributed by atoms with E-state index < -0.39 is 0 Å². The molecule has 6 nitrogen and oxygen atoms in total. The maximum Gasteiger partial charge on any atom is 0.261 e. The van der Waals surface area contributed by atoms with Gasteiger partial charge in [0.15, 0.2) is 0 Å². The normalized spacial score (nSPS) is 9.50. The topological polar surface area (TPSA) is 94.0 Å². The molecule has 0 aliphatic rings. The van der Waals surface area contributed by atoms with Crippen molar-refractivity contribution in [1.29, 1.82) is 0 Å². The van der Waals surface area contributed by atoms with Gasteiger partial charge in [0, 0.05) is 31.5 Å². The fourth-order valence-electron chi connectivity index (χ4n) is 3.16. The van der Waals surface area contributed by atoms with Gasteiger partial charge in [0.2, 0.25) is 0 Å². The fourth-order valence-corrected chi connectivity index (χ4v) is 3.41. The molecule has 2 heterocycles. The van der Waals surface area contributed by atoms with Gasteiger partial charge in [0.05, 0.1) is 10.9 Å². The minimum absolute atomic E-state index is 0.00385. The Morgan fingerprint density at radius 2 is 1.76 bits per heavy atom. The van der Waals surface area contributed by atoms with E-state index >= 15 is 0 Å². The quantitative estimate of drug-likeness (QED) is 0.420. The smallest absolute Gasteiger partial charge is 0.261 e. The van der Waals surface area contributed by atoms with Crippen molar-refractivity contribution in [3.63, 3.8) is 0 Å². The number of rotatable bonds is 3. The SMILES string of the molecule is C=Cc1cc(P)cnc1N.CC.CCc1cccc2c(=O)n(C)c(-c3ccccc3)nc12.CO. The number of hydrogen-bond donors (Lipinski definition) is 2. The minimum atomic E-state index is 0.00385. The third-order valence-electron chi connectivity index (χ3n) is 4.79. The molecule has 0 aliphatic heterocycles. The van der Waals surface area contributed by atoms with Crippen LogP contribution < -0.4 is 16.6 Å². The van der Waals surface area contributed by atoms with E-state index in [1.807, 2.05) is 68.4 Å². The predicted molar refractivity (Wildman–Crippen MR) is 149 cm³/mol. The van der Waals surface area contributed by atoms with Crippen molar-refractivity contribution in [3.8, 4) is 11.4 Å². The summed E-state index contributed by atoms with van der Waals surface area (Å²) in [6.07, 6.45) is 4.26. The lowest BCUT2D eigenvalue weighted by molar-refractivity contribution is 0.399. The third kappa shape index (κ3) is 7.08.